The molecule has 0 aliphatic carbocycles. The van der Waals surface area contributed by atoms with Crippen LogP contribution in [0.25, 0.3) is 0 Å². The third-order valence-electron chi connectivity index (χ3n) is 4.27. The normalized spacial score (nSPS) is 19.9. The van der Waals surface area contributed by atoms with Gasteiger partial charge in [0.1, 0.15) is 30.2 Å². The SMILES string of the molecule is CC(=O)CC(=O)OCC1=C(C(=O)[O-])N2C(=O)[C@@H](NC(=O)Cc3cccs3)[C@H]2SC1.[Na+]. The molecule has 3 rings (SSSR count). The van der Waals surface area contributed by atoms with E-state index < -0.39 is 35.7 Å². The Morgan fingerprint density at radius 3 is 2.67 bits per heavy atom. The van der Waals surface area contributed by atoms with Crippen molar-refractivity contribution in [3.63, 3.8) is 0 Å². The number of nitrogens with one attached hydrogen (secondary N) is 1. The summed E-state index contributed by atoms with van der Waals surface area (Å²) in [5, 5.41) is 15.5. The Bertz CT molecular complexity index is 900. The summed E-state index contributed by atoms with van der Waals surface area (Å²) < 4.78 is 4.94. The number of esters is 1. The van der Waals surface area contributed by atoms with Gasteiger partial charge in [-0.2, -0.15) is 0 Å². The van der Waals surface area contributed by atoms with Crippen LogP contribution in [0, 0.1) is 0 Å². The van der Waals surface area contributed by atoms with Gasteiger partial charge in [0.25, 0.3) is 5.91 Å². The second-order valence-corrected chi connectivity index (χ2v) is 8.63. The molecule has 2 aliphatic rings. The Balaban J connectivity index is 0.00000320. The fourth-order valence-corrected chi connectivity index (χ4v) is 5.03. The number of ketones is 1. The number of carboxylic acid groups (broad SMARTS) is 1. The van der Waals surface area contributed by atoms with Crippen molar-refractivity contribution in [3.8, 4) is 0 Å². The van der Waals surface area contributed by atoms with E-state index in [0.717, 1.165) is 9.78 Å². The summed E-state index contributed by atoms with van der Waals surface area (Å²) in [4.78, 5) is 60.7. The average Bonchev–Trinajstić information content (AvgIpc) is 3.15. The molecule has 1 N–H and O–H groups in total. The van der Waals surface area contributed by atoms with Gasteiger partial charge in [-0.15, -0.1) is 23.1 Å². The standard InChI is InChI=1S/C18H18N2O7S2.Na/c1-9(21)5-13(23)27-7-10-8-29-17-14(16(24)20(17)15(10)18(25)26)19-12(22)6-11-3-2-4-28-11;/h2-4,14,17H,5-8H2,1H3,(H,19,22)(H,25,26);/q;+1/p-1/t14-,17-;/m1./s1. The molecule has 1 fully saturated rings. The van der Waals surface area contributed by atoms with E-state index >= 15 is 0 Å². The molecule has 1 saturated heterocycles. The van der Waals surface area contributed by atoms with Crippen molar-refractivity contribution in [3.05, 3.63) is 33.7 Å². The number of Topliss-reactive ketones (excluding diaryl/α,β-unsaturated/α-hetero) is 1. The fourth-order valence-electron chi connectivity index (χ4n) is 3.00. The molecule has 2 aliphatic heterocycles. The number of hydrogen-bond donors (Lipinski definition) is 1. The number of amides is 2. The molecule has 9 nitrogen and oxygen atoms in total. The summed E-state index contributed by atoms with van der Waals surface area (Å²) in [5.41, 5.74) is -0.141. The van der Waals surface area contributed by atoms with E-state index in [1.165, 1.54) is 30.0 Å². The van der Waals surface area contributed by atoms with Crippen molar-refractivity contribution in [2.45, 2.75) is 31.2 Å². The van der Waals surface area contributed by atoms with E-state index in [9.17, 15) is 29.1 Å². The maximum Gasteiger partial charge on any atom is 1.00 e. The van der Waals surface area contributed by atoms with Crippen LogP contribution < -0.4 is 40.0 Å². The molecular formula is C18H17N2NaO7S2. The number of rotatable bonds is 8. The quantitative estimate of drug-likeness (QED) is 0.181. The van der Waals surface area contributed by atoms with E-state index in [1.807, 2.05) is 17.5 Å². The number of hydrogen-bond acceptors (Lipinski definition) is 9. The van der Waals surface area contributed by atoms with Crippen LogP contribution in [-0.4, -0.2) is 58.2 Å². The first kappa shape index (κ1) is 24.6. The average molecular weight is 460 g/mol. The van der Waals surface area contributed by atoms with Crippen molar-refractivity contribution in [1.82, 2.24) is 10.2 Å². The van der Waals surface area contributed by atoms with E-state index in [2.05, 4.69) is 5.32 Å². The van der Waals surface area contributed by atoms with Crippen molar-refractivity contribution in [2.24, 2.45) is 0 Å². The summed E-state index contributed by atoms with van der Waals surface area (Å²) in [7, 11) is 0. The van der Waals surface area contributed by atoms with Gasteiger partial charge in [-0.25, -0.2) is 0 Å². The summed E-state index contributed by atoms with van der Waals surface area (Å²) in [6.07, 6.45) is -0.274. The van der Waals surface area contributed by atoms with Crippen LogP contribution in [-0.2, 0) is 35.1 Å². The molecule has 154 valence electrons. The minimum absolute atomic E-state index is 0. The minimum Gasteiger partial charge on any atom is -0.543 e. The second-order valence-electron chi connectivity index (χ2n) is 6.49. The van der Waals surface area contributed by atoms with E-state index in [-0.39, 0.29) is 71.3 Å². The van der Waals surface area contributed by atoms with Gasteiger partial charge in [-0.3, -0.25) is 24.1 Å². The Labute approximate surface area is 202 Å². The Morgan fingerprint density at radius 1 is 1.33 bits per heavy atom. The van der Waals surface area contributed by atoms with Gasteiger partial charge < -0.3 is 20.0 Å². The molecule has 2 amide bonds. The van der Waals surface area contributed by atoms with Crippen LogP contribution in [0.15, 0.2) is 28.8 Å². The number of nitrogens with zero attached hydrogens (tertiary/aromatic N) is 1. The summed E-state index contributed by atoms with van der Waals surface area (Å²) in [5.74, 6) is -3.42. The molecule has 0 spiro atoms. The molecule has 3 heterocycles. The smallest absolute Gasteiger partial charge is 0.543 e. The minimum atomic E-state index is -1.57. The number of thioether (sulfide) groups is 1. The first-order valence-electron chi connectivity index (χ1n) is 8.62. The van der Waals surface area contributed by atoms with E-state index in [1.54, 1.807) is 0 Å². The van der Waals surface area contributed by atoms with E-state index in [4.69, 9.17) is 4.74 Å². The molecule has 0 bridgehead atoms. The van der Waals surface area contributed by atoms with Gasteiger partial charge in [0.15, 0.2) is 0 Å². The predicted molar refractivity (Wildman–Crippen MR) is 101 cm³/mol. The zero-order valence-electron chi connectivity index (χ0n) is 16.3. The topological polar surface area (TPSA) is 133 Å². The molecule has 2 atom stereocenters. The van der Waals surface area contributed by atoms with Crippen LogP contribution in [0.4, 0.5) is 0 Å². The maximum absolute atomic E-state index is 12.5. The Kier molecular flexibility index (Phi) is 8.68. The van der Waals surface area contributed by atoms with Crippen molar-refractivity contribution in [2.75, 3.05) is 12.4 Å². The number of fused-ring (bicyclic) bond motifs is 1. The molecule has 0 radical (unpaired) electrons. The van der Waals surface area contributed by atoms with Gasteiger partial charge in [-0.05, 0) is 18.4 Å². The predicted octanol–water partition coefficient (Wildman–Crippen LogP) is -3.78. The van der Waals surface area contributed by atoms with Crippen LogP contribution in [0.3, 0.4) is 0 Å². The summed E-state index contributed by atoms with van der Waals surface area (Å²) >= 11 is 2.68. The second kappa shape index (κ2) is 10.6. The molecule has 0 aromatic carbocycles. The van der Waals surface area contributed by atoms with Crippen LogP contribution in [0.5, 0.6) is 0 Å². The van der Waals surface area contributed by atoms with Crippen LogP contribution in [0.2, 0.25) is 0 Å². The number of carbonyl (C=O) groups is 5. The van der Waals surface area contributed by atoms with E-state index in [0.29, 0.717) is 0 Å². The molecule has 1 aromatic rings. The van der Waals surface area contributed by atoms with Crippen LogP contribution in [0.1, 0.15) is 18.2 Å². The molecule has 0 saturated carbocycles. The molecule has 12 heteroatoms. The summed E-state index contributed by atoms with van der Waals surface area (Å²) in [6.45, 7) is 0.883. The molecule has 30 heavy (non-hydrogen) atoms. The van der Waals surface area contributed by atoms with Crippen molar-refractivity contribution >= 4 is 52.6 Å². The first-order valence-corrected chi connectivity index (χ1v) is 10.6. The Morgan fingerprint density at radius 2 is 2.07 bits per heavy atom. The zero-order valence-corrected chi connectivity index (χ0v) is 20.0. The molecule has 0 unspecified atom stereocenters. The van der Waals surface area contributed by atoms with Crippen LogP contribution >= 0.6 is 23.1 Å². The van der Waals surface area contributed by atoms with Gasteiger partial charge in [0.2, 0.25) is 5.91 Å². The van der Waals surface area contributed by atoms with Crippen molar-refractivity contribution in [1.29, 1.82) is 0 Å². The number of ether oxygens (including phenoxy) is 1. The number of aliphatic carboxylic acids is 1. The van der Waals surface area contributed by atoms with Crippen molar-refractivity contribution < 1.29 is 63.4 Å². The first-order chi connectivity index (χ1) is 13.8. The Hall–Kier alpha value is -1.66. The van der Waals surface area contributed by atoms with Gasteiger partial charge >= 0.3 is 35.5 Å². The van der Waals surface area contributed by atoms with Gasteiger partial charge in [-0.1, -0.05) is 6.07 Å². The van der Waals surface area contributed by atoms with Gasteiger partial charge in [0, 0.05) is 16.2 Å². The molecular weight excluding hydrogens is 443 g/mol. The number of carbonyl (C=O) groups excluding carboxylic acids is 5. The third kappa shape index (κ3) is 5.52. The third-order valence-corrected chi connectivity index (χ3v) is 6.49. The molecule has 1 aromatic heterocycles. The monoisotopic (exact) mass is 460 g/mol. The summed E-state index contributed by atoms with van der Waals surface area (Å²) in [6, 6.07) is 2.80. The fraction of sp³-hybridized carbons (Fsp3) is 0.389. The number of thiophene rings is 1. The maximum atomic E-state index is 12.5. The van der Waals surface area contributed by atoms with Gasteiger partial charge in [0.05, 0.1) is 18.1 Å². The number of carboxylic acids is 1. The largest absolute Gasteiger partial charge is 1.00 e. The zero-order chi connectivity index (χ0) is 21.1. The number of β-lactam (4-membered cyclic amide) rings is 1.